The molecule has 106 valence electrons. The van der Waals surface area contributed by atoms with Gasteiger partial charge in [0.15, 0.2) is 6.10 Å². The molecule has 1 aromatic rings. The lowest BCUT2D eigenvalue weighted by atomic mass is 9.90. The predicted molar refractivity (Wildman–Crippen MR) is 72.9 cm³/mol. The summed E-state index contributed by atoms with van der Waals surface area (Å²) in [7, 11) is 2.66. The molecule has 5 heteroatoms. The van der Waals surface area contributed by atoms with E-state index in [4.69, 9.17) is 9.47 Å². The smallest absolute Gasteiger partial charge is 0.222 e. The van der Waals surface area contributed by atoms with Gasteiger partial charge in [-0.25, -0.2) is 0 Å². The van der Waals surface area contributed by atoms with E-state index < -0.39 is 17.7 Å². The van der Waals surface area contributed by atoms with Crippen LogP contribution in [0.15, 0.2) is 48.1 Å². The summed E-state index contributed by atoms with van der Waals surface area (Å²) < 4.78 is 10.1. The quantitative estimate of drug-likeness (QED) is 0.496. The fourth-order valence-corrected chi connectivity index (χ4v) is 2.09. The molecule has 0 aliphatic heterocycles. The highest BCUT2D eigenvalue weighted by atomic mass is 16.7. The van der Waals surface area contributed by atoms with Gasteiger partial charge in [0.1, 0.15) is 5.76 Å². The van der Waals surface area contributed by atoms with Crippen molar-refractivity contribution in [2.75, 3.05) is 14.2 Å². The first-order valence-corrected chi connectivity index (χ1v) is 6.06. The fourth-order valence-electron chi connectivity index (χ4n) is 2.09. The number of carbonyl (C=O) groups excluding carboxylic acids is 1. The predicted octanol–water partition coefficient (Wildman–Crippen LogP) is 1.44. The van der Waals surface area contributed by atoms with Crippen LogP contribution in [0.1, 0.15) is 5.56 Å². The Bertz CT molecular complexity index is 555. The number of Topliss-reactive ketones (excluding diaryl/α,β-unsaturated/α-hetero) is 1. The lowest BCUT2D eigenvalue weighted by Crippen LogP contribution is -2.51. The molecular formula is C15H16O5. The van der Waals surface area contributed by atoms with E-state index in [-0.39, 0.29) is 11.3 Å². The second kappa shape index (κ2) is 5.58. The van der Waals surface area contributed by atoms with Gasteiger partial charge in [0.25, 0.3) is 0 Å². The highest BCUT2D eigenvalue weighted by Gasteiger charge is 2.45. The number of ether oxygens (including phenoxy) is 2. The molecule has 0 bridgehead atoms. The van der Waals surface area contributed by atoms with Crippen LogP contribution in [0.25, 0.3) is 5.76 Å². The summed E-state index contributed by atoms with van der Waals surface area (Å²) in [5, 5.41) is 20.2. The molecule has 0 fully saturated rings. The summed E-state index contributed by atoms with van der Waals surface area (Å²) in [6.07, 6.45) is 1.26. The third-order valence-corrected chi connectivity index (χ3v) is 3.32. The van der Waals surface area contributed by atoms with Crippen molar-refractivity contribution in [2.45, 2.75) is 11.9 Å². The average molecular weight is 276 g/mol. The molecule has 0 saturated carbocycles. The average Bonchev–Trinajstić information content (AvgIpc) is 2.51. The Labute approximate surface area is 116 Å². The molecule has 20 heavy (non-hydrogen) atoms. The minimum Gasteiger partial charge on any atom is -0.507 e. The van der Waals surface area contributed by atoms with Gasteiger partial charge in [-0.2, -0.15) is 0 Å². The molecule has 1 atom stereocenters. The molecule has 0 amide bonds. The first-order valence-electron chi connectivity index (χ1n) is 6.06. The highest BCUT2D eigenvalue weighted by molar-refractivity contribution is 6.08. The molecule has 0 radical (unpaired) electrons. The SMILES string of the molecule is COC1(OC)C=CC(=C(O)c2ccccc2)C(=O)C1O. The molecular weight excluding hydrogens is 260 g/mol. The minimum absolute atomic E-state index is 0.0217. The molecule has 0 spiro atoms. The van der Waals surface area contributed by atoms with E-state index in [9.17, 15) is 15.0 Å². The summed E-state index contributed by atoms with van der Waals surface area (Å²) in [6.45, 7) is 0. The largest absolute Gasteiger partial charge is 0.507 e. The van der Waals surface area contributed by atoms with Crippen LogP contribution in [0, 0.1) is 0 Å². The summed E-state index contributed by atoms with van der Waals surface area (Å²) in [5.74, 6) is -2.36. The second-order valence-corrected chi connectivity index (χ2v) is 4.36. The molecule has 0 aromatic heterocycles. The van der Waals surface area contributed by atoms with Crippen LogP contribution in [-0.2, 0) is 14.3 Å². The molecule has 1 aliphatic rings. The van der Waals surface area contributed by atoms with E-state index in [0.29, 0.717) is 5.56 Å². The minimum atomic E-state index is -1.54. The Kier molecular flexibility index (Phi) is 4.04. The van der Waals surface area contributed by atoms with Crippen molar-refractivity contribution in [3.8, 4) is 0 Å². The molecule has 2 N–H and O–H groups in total. The van der Waals surface area contributed by atoms with Crippen LogP contribution >= 0.6 is 0 Å². The topological polar surface area (TPSA) is 76.0 Å². The Morgan fingerprint density at radius 3 is 2.35 bits per heavy atom. The normalized spacial score (nSPS) is 23.8. The summed E-state index contributed by atoms with van der Waals surface area (Å²) >= 11 is 0. The molecule has 0 saturated heterocycles. The Morgan fingerprint density at radius 2 is 1.80 bits per heavy atom. The first kappa shape index (κ1) is 14.5. The van der Waals surface area contributed by atoms with Gasteiger partial charge in [-0.1, -0.05) is 30.3 Å². The molecule has 0 heterocycles. The number of allylic oxidation sites excluding steroid dienone is 1. The number of aliphatic hydroxyl groups excluding tert-OH is 2. The molecule has 1 unspecified atom stereocenters. The zero-order valence-corrected chi connectivity index (χ0v) is 11.2. The number of rotatable bonds is 3. The van der Waals surface area contributed by atoms with Crippen LogP contribution in [0.3, 0.4) is 0 Å². The number of benzene rings is 1. The van der Waals surface area contributed by atoms with Gasteiger partial charge in [-0.15, -0.1) is 0 Å². The number of ketones is 1. The molecule has 1 aromatic carbocycles. The summed E-state index contributed by atoms with van der Waals surface area (Å²) in [4.78, 5) is 12.2. The molecule has 1 aliphatic carbocycles. The summed E-state index contributed by atoms with van der Waals surface area (Å²) in [6, 6.07) is 8.63. The fraction of sp³-hybridized carbons (Fsp3) is 0.267. The van der Waals surface area contributed by atoms with Gasteiger partial charge in [-0.3, -0.25) is 4.79 Å². The van der Waals surface area contributed by atoms with E-state index in [2.05, 4.69) is 0 Å². The van der Waals surface area contributed by atoms with E-state index in [1.165, 1.54) is 26.4 Å². The Hall–Kier alpha value is -1.95. The van der Waals surface area contributed by atoms with Gasteiger partial charge in [0.2, 0.25) is 11.6 Å². The Balaban J connectivity index is 2.48. The highest BCUT2D eigenvalue weighted by Crippen LogP contribution is 2.30. The third kappa shape index (κ3) is 2.27. The Morgan fingerprint density at radius 1 is 1.20 bits per heavy atom. The van der Waals surface area contributed by atoms with Crippen LogP contribution in [0.5, 0.6) is 0 Å². The van der Waals surface area contributed by atoms with Gasteiger partial charge in [-0.05, 0) is 12.2 Å². The molecule has 2 rings (SSSR count). The maximum atomic E-state index is 12.2. The number of hydrogen-bond donors (Lipinski definition) is 2. The monoisotopic (exact) mass is 276 g/mol. The van der Waals surface area contributed by atoms with E-state index in [0.717, 1.165) is 0 Å². The van der Waals surface area contributed by atoms with Gasteiger partial charge < -0.3 is 19.7 Å². The third-order valence-electron chi connectivity index (χ3n) is 3.32. The van der Waals surface area contributed by atoms with Crippen LogP contribution < -0.4 is 0 Å². The number of carbonyl (C=O) groups is 1. The van der Waals surface area contributed by atoms with Crippen molar-refractivity contribution >= 4 is 11.5 Å². The maximum absolute atomic E-state index is 12.2. The first-order chi connectivity index (χ1) is 9.55. The number of aliphatic hydroxyl groups is 2. The van der Waals surface area contributed by atoms with Crippen molar-refractivity contribution in [3.63, 3.8) is 0 Å². The zero-order chi connectivity index (χ0) is 14.8. The number of hydrogen-bond acceptors (Lipinski definition) is 5. The van der Waals surface area contributed by atoms with Gasteiger partial charge in [0, 0.05) is 19.8 Å². The van der Waals surface area contributed by atoms with E-state index in [1.54, 1.807) is 30.3 Å². The van der Waals surface area contributed by atoms with Crippen LogP contribution in [-0.4, -0.2) is 42.1 Å². The second-order valence-electron chi connectivity index (χ2n) is 4.36. The van der Waals surface area contributed by atoms with E-state index in [1.807, 2.05) is 0 Å². The lowest BCUT2D eigenvalue weighted by molar-refractivity contribution is -0.223. The zero-order valence-electron chi connectivity index (χ0n) is 11.2. The lowest BCUT2D eigenvalue weighted by Gasteiger charge is -2.34. The van der Waals surface area contributed by atoms with Crippen molar-refractivity contribution in [1.29, 1.82) is 0 Å². The van der Waals surface area contributed by atoms with Crippen LogP contribution in [0.2, 0.25) is 0 Å². The standard InChI is InChI=1S/C15H16O5/c1-19-15(20-2)9-8-11(13(17)14(15)18)12(16)10-6-4-3-5-7-10/h3-9,14,16,18H,1-2H3. The van der Waals surface area contributed by atoms with E-state index >= 15 is 0 Å². The van der Waals surface area contributed by atoms with Crippen molar-refractivity contribution < 1.29 is 24.5 Å². The molecule has 5 nitrogen and oxygen atoms in total. The van der Waals surface area contributed by atoms with Crippen molar-refractivity contribution in [2.24, 2.45) is 0 Å². The number of methoxy groups -OCH3 is 2. The van der Waals surface area contributed by atoms with Gasteiger partial charge >= 0.3 is 0 Å². The summed E-state index contributed by atoms with van der Waals surface area (Å²) in [5.41, 5.74) is 0.517. The van der Waals surface area contributed by atoms with Crippen LogP contribution in [0.4, 0.5) is 0 Å². The van der Waals surface area contributed by atoms with Crippen molar-refractivity contribution in [1.82, 2.24) is 0 Å². The van der Waals surface area contributed by atoms with Crippen molar-refractivity contribution in [3.05, 3.63) is 53.6 Å². The maximum Gasteiger partial charge on any atom is 0.222 e. The van der Waals surface area contributed by atoms with Gasteiger partial charge in [0.05, 0.1) is 5.57 Å².